The van der Waals surface area contributed by atoms with E-state index in [1.165, 1.54) is 10.4 Å². The highest BCUT2D eigenvalue weighted by Gasteiger charge is 2.27. The average Bonchev–Trinajstić information content (AvgIpc) is 3.42. The predicted molar refractivity (Wildman–Crippen MR) is 125 cm³/mol. The number of nitrogens with zero attached hydrogens (tertiary/aromatic N) is 1. The fourth-order valence-corrected chi connectivity index (χ4v) is 6.31. The number of anilines is 2. The van der Waals surface area contributed by atoms with Gasteiger partial charge >= 0.3 is 0 Å². The van der Waals surface area contributed by atoms with Gasteiger partial charge in [0.25, 0.3) is 5.91 Å². The number of ether oxygens (including phenoxy) is 2. The molecule has 1 aromatic heterocycles. The summed E-state index contributed by atoms with van der Waals surface area (Å²) >= 11 is 1.56. The van der Waals surface area contributed by atoms with Crippen molar-refractivity contribution in [3.63, 3.8) is 0 Å². The Morgan fingerprint density at radius 1 is 1.16 bits per heavy atom. The van der Waals surface area contributed by atoms with E-state index >= 15 is 0 Å². The Balaban J connectivity index is 1.62. The summed E-state index contributed by atoms with van der Waals surface area (Å²) in [6, 6.07) is 6.68. The minimum absolute atomic E-state index is 0.108. The molecule has 2 aliphatic heterocycles. The van der Waals surface area contributed by atoms with Gasteiger partial charge in [0.05, 0.1) is 41.2 Å². The zero-order chi connectivity index (χ0) is 22.7. The van der Waals surface area contributed by atoms with E-state index in [9.17, 15) is 13.2 Å². The molecule has 0 radical (unpaired) electrons. The van der Waals surface area contributed by atoms with Crippen LogP contribution in [0.1, 0.15) is 33.0 Å². The summed E-state index contributed by atoms with van der Waals surface area (Å²) in [5, 5.41) is 6.25. The van der Waals surface area contributed by atoms with Gasteiger partial charge in [0.2, 0.25) is 10.0 Å². The van der Waals surface area contributed by atoms with Crippen molar-refractivity contribution in [2.75, 3.05) is 50.1 Å². The fraction of sp³-hybridized carbons (Fsp3) is 0.500. The summed E-state index contributed by atoms with van der Waals surface area (Å²) in [6.45, 7) is 6.59. The number of carbonyl (C=O) groups excluding carboxylic acids is 1. The molecule has 2 saturated heterocycles. The number of rotatable bonds is 7. The van der Waals surface area contributed by atoms with Crippen molar-refractivity contribution in [1.82, 2.24) is 4.31 Å². The van der Waals surface area contributed by atoms with Gasteiger partial charge in [0.15, 0.2) is 0 Å². The summed E-state index contributed by atoms with van der Waals surface area (Å²) in [6.07, 6.45) is 2.12. The average molecular weight is 480 g/mol. The van der Waals surface area contributed by atoms with Crippen LogP contribution in [0, 0.1) is 13.8 Å². The molecule has 8 nitrogen and oxygen atoms in total. The van der Waals surface area contributed by atoms with E-state index in [0.717, 1.165) is 29.2 Å². The first kappa shape index (κ1) is 23.2. The van der Waals surface area contributed by atoms with Crippen LogP contribution in [0.15, 0.2) is 29.2 Å². The van der Waals surface area contributed by atoms with Crippen LogP contribution >= 0.6 is 11.3 Å². The molecular weight excluding hydrogens is 450 g/mol. The Labute approximate surface area is 193 Å². The van der Waals surface area contributed by atoms with Crippen molar-refractivity contribution in [3.05, 3.63) is 39.6 Å². The van der Waals surface area contributed by atoms with Gasteiger partial charge in [0.1, 0.15) is 0 Å². The van der Waals surface area contributed by atoms with Crippen molar-refractivity contribution < 1.29 is 22.7 Å². The molecular formula is C22H29N3O5S2. The first-order valence-electron chi connectivity index (χ1n) is 10.8. The monoisotopic (exact) mass is 479 g/mol. The number of amides is 1. The first-order chi connectivity index (χ1) is 15.3. The maximum Gasteiger partial charge on any atom is 0.256 e. The Morgan fingerprint density at radius 3 is 2.59 bits per heavy atom. The van der Waals surface area contributed by atoms with Crippen LogP contribution < -0.4 is 10.6 Å². The Hall–Kier alpha value is -1.98. The van der Waals surface area contributed by atoms with Crippen molar-refractivity contribution >= 4 is 38.6 Å². The summed E-state index contributed by atoms with van der Waals surface area (Å²) in [5.41, 5.74) is 1.70. The van der Waals surface area contributed by atoms with Gasteiger partial charge in [-0.15, -0.1) is 11.3 Å². The van der Waals surface area contributed by atoms with Crippen LogP contribution in [-0.4, -0.2) is 64.2 Å². The maximum atomic E-state index is 13.1. The minimum atomic E-state index is -3.68. The number of hydrogen-bond acceptors (Lipinski definition) is 7. The standard InChI is InChI=1S/C22H29N3O5S2/c1-15-12-19(16(2)31-15)22(26)24-21-13-18(32(27,28)25-7-10-29-11-8-25)5-6-20(21)23-14-17-4-3-9-30-17/h5-6,12-13,17,23H,3-4,7-11,14H2,1-2H3,(H,24,26). The molecule has 1 aromatic carbocycles. The number of thiophene rings is 1. The lowest BCUT2D eigenvalue weighted by Crippen LogP contribution is -2.40. The van der Waals surface area contributed by atoms with Crippen LogP contribution in [0.2, 0.25) is 0 Å². The minimum Gasteiger partial charge on any atom is -0.381 e. The smallest absolute Gasteiger partial charge is 0.256 e. The lowest BCUT2D eigenvalue weighted by Gasteiger charge is -2.26. The number of benzene rings is 1. The van der Waals surface area contributed by atoms with Crippen LogP contribution in [0.5, 0.6) is 0 Å². The van der Waals surface area contributed by atoms with E-state index < -0.39 is 10.0 Å². The number of nitrogens with one attached hydrogen (secondary N) is 2. The molecule has 2 N–H and O–H groups in total. The Morgan fingerprint density at radius 2 is 1.94 bits per heavy atom. The van der Waals surface area contributed by atoms with Gasteiger partial charge in [-0.1, -0.05) is 0 Å². The lowest BCUT2D eigenvalue weighted by molar-refractivity contribution is 0.0730. The SMILES string of the molecule is Cc1cc(C(=O)Nc2cc(S(=O)(=O)N3CCOCC3)ccc2NCC2CCCO2)c(C)s1. The normalized spacial score (nSPS) is 19.8. The lowest BCUT2D eigenvalue weighted by atomic mass is 10.2. The molecule has 2 aliphatic rings. The Bertz CT molecular complexity index is 1070. The highest BCUT2D eigenvalue weighted by Crippen LogP contribution is 2.30. The largest absolute Gasteiger partial charge is 0.381 e. The molecule has 3 heterocycles. The molecule has 0 aliphatic carbocycles. The van der Waals surface area contributed by atoms with E-state index in [2.05, 4.69) is 10.6 Å². The molecule has 0 bridgehead atoms. The summed E-state index contributed by atoms with van der Waals surface area (Å²) < 4.78 is 38.7. The topological polar surface area (TPSA) is 97.0 Å². The van der Waals surface area contributed by atoms with Gasteiger partial charge in [-0.3, -0.25) is 4.79 Å². The zero-order valence-corrected chi connectivity index (χ0v) is 20.0. The molecule has 0 saturated carbocycles. The number of aryl methyl sites for hydroxylation is 2. The number of morpholine rings is 1. The van der Waals surface area contributed by atoms with Crippen LogP contribution in [0.25, 0.3) is 0 Å². The molecule has 0 spiro atoms. The van der Waals surface area contributed by atoms with E-state index in [-0.39, 0.29) is 16.9 Å². The van der Waals surface area contributed by atoms with Crippen LogP contribution in [0.3, 0.4) is 0 Å². The van der Waals surface area contributed by atoms with Crippen molar-refractivity contribution in [3.8, 4) is 0 Å². The fourth-order valence-electron chi connectivity index (χ4n) is 3.95. The highest BCUT2D eigenvalue weighted by atomic mass is 32.2. The van der Waals surface area contributed by atoms with E-state index in [4.69, 9.17) is 9.47 Å². The first-order valence-corrected chi connectivity index (χ1v) is 13.1. The quantitative estimate of drug-likeness (QED) is 0.633. The van der Waals surface area contributed by atoms with Gasteiger partial charge < -0.3 is 20.1 Å². The second-order valence-electron chi connectivity index (χ2n) is 8.02. The molecule has 1 atom stereocenters. The number of carbonyl (C=O) groups is 1. The summed E-state index contributed by atoms with van der Waals surface area (Å²) in [7, 11) is -3.68. The number of sulfonamides is 1. The Kier molecular flexibility index (Phi) is 7.16. The second kappa shape index (κ2) is 9.88. The van der Waals surface area contributed by atoms with E-state index in [1.807, 2.05) is 19.9 Å². The molecule has 174 valence electrons. The van der Waals surface area contributed by atoms with Crippen molar-refractivity contribution in [1.29, 1.82) is 0 Å². The van der Waals surface area contributed by atoms with E-state index in [0.29, 0.717) is 49.8 Å². The van der Waals surface area contributed by atoms with Gasteiger partial charge in [-0.25, -0.2) is 8.42 Å². The van der Waals surface area contributed by atoms with Crippen LogP contribution in [-0.2, 0) is 19.5 Å². The third-order valence-corrected chi connectivity index (χ3v) is 8.54. The molecule has 2 aromatic rings. The molecule has 2 fully saturated rings. The molecule has 1 amide bonds. The molecule has 4 rings (SSSR count). The molecule has 10 heteroatoms. The zero-order valence-electron chi connectivity index (χ0n) is 18.3. The second-order valence-corrected chi connectivity index (χ2v) is 11.4. The predicted octanol–water partition coefficient (Wildman–Crippen LogP) is 3.23. The third kappa shape index (κ3) is 5.15. The van der Waals surface area contributed by atoms with Gasteiger partial charge in [-0.05, 0) is 51.0 Å². The molecule has 1 unspecified atom stereocenters. The molecule has 32 heavy (non-hydrogen) atoms. The number of hydrogen-bond donors (Lipinski definition) is 2. The van der Waals surface area contributed by atoms with Gasteiger partial charge in [-0.2, -0.15) is 4.31 Å². The maximum absolute atomic E-state index is 13.1. The third-order valence-electron chi connectivity index (χ3n) is 5.68. The summed E-state index contributed by atoms with van der Waals surface area (Å²) in [5.74, 6) is -0.257. The highest BCUT2D eigenvalue weighted by molar-refractivity contribution is 7.89. The van der Waals surface area contributed by atoms with Crippen LogP contribution in [0.4, 0.5) is 11.4 Å². The van der Waals surface area contributed by atoms with Crippen molar-refractivity contribution in [2.24, 2.45) is 0 Å². The summed E-state index contributed by atoms with van der Waals surface area (Å²) in [4.78, 5) is 15.1. The van der Waals surface area contributed by atoms with E-state index in [1.54, 1.807) is 23.5 Å². The van der Waals surface area contributed by atoms with Gasteiger partial charge in [0, 0.05) is 36.0 Å². The van der Waals surface area contributed by atoms with Crippen molar-refractivity contribution in [2.45, 2.75) is 37.7 Å².